The highest BCUT2D eigenvalue weighted by Crippen LogP contribution is 2.28. The number of methoxy groups -OCH3 is 2. The molecule has 0 atom stereocenters. The lowest BCUT2D eigenvalue weighted by Crippen LogP contribution is -2.50. The second-order valence-electron chi connectivity index (χ2n) is 7.02. The minimum absolute atomic E-state index is 0.0296. The van der Waals surface area contributed by atoms with E-state index in [1.54, 1.807) is 24.1 Å². The van der Waals surface area contributed by atoms with Crippen LogP contribution in [0.15, 0.2) is 41.3 Å². The Hall–Kier alpha value is -2.72. The molecule has 0 radical (unpaired) electrons. The van der Waals surface area contributed by atoms with E-state index in [0.29, 0.717) is 17.9 Å². The largest absolute Gasteiger partial charge is 0.493 e. The Morgan fingerprint density at radius 2 is 1.58 bits per heavy atom. The lowest BCUT2D eigenvalue weighted by Gasteiger charge is -2.34. The third kappa shape index (κ3) is 4.96. The van der Waals surface area contributed by atoms with Crippen molar-refractivity contribution in [2.24, 2.45) is 0 Å². The van der Waals surface area contributed by atoms with Crippen LogP contribution < -0.4 is 9.47 Å². The molecular weight excluding hydrogens is 430 g/mol. The van der Waals surface area contributed by atoms with Crippen molar-refractivity contribution in [2.45, 2.75) is 17.7 Å². The van der Waals surface area contributed by atoms with E-state index in [1.807, 2.05) is 6.07 Å². The molecule has 0 unspecified atom stereocenters. The fraction of sp³-hybridized carbons (Fsp3) is 0.381. The van der Waals surface area contributed by atoms with Gasteiger partial charge in [-0.1, -0.05) is 12.1 Å². The Bertz CT molecular complexity index is 1030. The number of carbonyl (C=O) groups is 1. The highest BCUT2D eigenvalue weighted by molar-refractivity contribution is 7.89. The van der Waals surface area contributed by atoms with E-state index in [4.69, 9.17) is 9.47 Å². The Morgan fingerprint density at radius 1 is 0.968 bits per heavy atom. The lowest BCUT2D eigenvalue weighted by molar-refractivity contribution is -0.132. The predicted molar refractivity (Wildman–Crippen MR) is 110 cm³/mol. The number of carbonyl (C=O) groups excluding carboxylic acids is 1. The molecule has 1 heterocycles. The molecule has 1 aliphatic heterocycles. The van der Waals surface area contributed by atoms with E-state index in [-0.39, 0.29) is 38.5 Å². The van der Waals surface area contributed by atoms with Gasteiger partial charge in [0.15, 0.2) is 16.4 Å². The summed E-state index contributed by atoms with van der Waals surface area (Å²) in [5, 5.41) is 0. The van der Waals surface area contributed by atoms with E-state index < -0.39 is 26.6 Å². The first kappa shape index (κ1) is 23.0. The summed E-state index contributed by atoms with van der Waals surface area (Å²) in [6.07, 6.45) is 0.725. The van der Waals surface area contributed by atoms with Crippen molar-refractivity contribution >= 4 is 15.9 Å². The summed E-state index contributed by atoms with van der Waals surface area (Å²) < 4.78 is 64.6. The van der Waals surface area contributed by atoms with Crippen LogP contribution in [0.4, 0.5) is 8.78 Å². The Balaban J connectivity index is 1.59. The zero-order valence-electron chi connectivity index (χ0n) is 17.3. The molecule has 2 aromatic rings. The van der Waals surface area contributed by atoms with Crippen molar-refractivity contribution < 1.29 is 31.5 Å². The van der Waals surface area contributed by atoms with E-state index in [0.717, 1.165) is 28.1 Å². The van der Waals surface area contributed by atoms with Gasteiger partial charge in [-0.2, -0.15) is 4.31 Å². The van der Waals surface area contributed by atoms with Gasteiger partial charge in [-0.05, 0) is 36.2 Å². The van der Waals surface area contributed by atoms with Crippen LogP contribution in [0.2, 0.25) is 0 Å². The number of piperazine rings is 1. The molecule has 0 aromatic heterocycles. The van der Waals surface area contributed by atoms with Gasteiger partial charge in [0.25, 0.3) is 0 Å². The predicted octanol–water partition coefficient (Wildman–Crippen LogP) is 2.45. The van der Waals surface area contributed by atoms with Crippen molar-refractivity contribution in [3.8, 4) is 11.5 Å². The molecule has 0 saturated carbocycles. The number of amides is 1. The number of sulfonamides is 1. The second-order valence-corrected chi connectivity index (χ2v) is 8.90. The molecule has 168 valence electrons. The number of benzene rings is 2. The van der Waals surface area contributed by atoms with Gasteiger partial charge in [-0.25, -0.2) is 17.2 Å². The lowest BCUT2D eigenvalue weighted by atomic mass is 10.1. The molecular formula is C21H24F2N2O5S. The van der Waals surface area contributed by atoms with Crippen molar-refractivity contribution in [2.75, 3.05) is 40.4 Å². The van der Waals surface area contributed by atoms with Gasteiger partial charge in [0.1, 0.15) is 11.6 Å². The summed E-state index contributed by atoms with van der Waals surface area (Å²) >= 11 is 0. The topological polar surface area (TPSA) is 76.2 Å². The van der Waals surface area contributed by atoms with Crippen LogP contribution >= 0.6 is 0 Å². The van der Waals surface area contributed by atoms with Gasteiger partial charge in [0.2, 0.25) is 15.9 Å². The average molecular weight is 454 g/mol. The third-order valence-electron chi connectivity index (χ3n) is 5.18. The first-order chi connectivity index (χ1) is 14.8. The Morgan fingerprint density at radius 3 is 2.16 bits per heavy atom. The first-order valence-electron chi connectivity index (χ1n) is 9.70. The van der Waals surface area contributed by atoms with E-state index in [2.05, 4.69) is 0 Å². The van der Waals surface area contributed by atoms with Gasteiger partial charge in [0.05, 0.1) is 14.2 Å². The maximum absolute atomic E-state index is 13.9. The Kier molecular flexibility index (Phi) is 7.11. The van der Waals surface area contributed by atoms with Gasteiger partial charge < -0.3 is 14.4 Å². The number of hydrogen-bond donors (Lipinski definition) is 0. The van der Waals surface area contributed by atoms with Crippen LogP contribution in [0.5, 0.6) is 11.5 Å². The summed E-state index contributed by atoms with van der Waals surface area (Å²) in [5.41, 5.74) is 0.905. The minimum Gasteiger partial charge on any atom is -0.493 e. The van der Waals surface area contributed by atoms with Crippen molar-refractivity contribution in [3.05, 3.63) is 53.6 Å². The van der Waals surface area contributed by atoms with Crippen LogP contribution in [0.25, 0.3) is 0 Å². The number of hydrogen-bond acceptors (Lipinski definition) is 5. The van der Waals surface area contributed by atoms with Crippen LogP contribution in [0, 0.1) is 11.6 Å². The number of aryl methyl sites for hydroxylation is 1. The molecule has 10 heteroatoms. The summed E-state index contributed by atoms with van der Waals surface area (Å²) in [6.45, 7) is 0.247. The number of ether oxygens (including phenoxy) is 2. The highest BCUT2D eigenvalue weighted by Gasteiger charge is 2.33. The Labute approximate surface area is 180 Å². The van der Waals surface area contributed by atoms with Crippen LogP contribution in [-0.2, 0) is 21.2 Å². The van der Waals surface area contributed by atoms with Gasteiger partial charge in [0, 0.05) is 32.6 Å². The molecule has 1 amide bonds. The molecule has 1 saturated heterocycles. The highest BCUT2D eigenvalue weighted by atomic mass is 32.2. The first-order valence-corrected chi connectivity index (χ1v) is 11.1. The smallest absolute Gasteiger partial charge is 0.249 e. The summed E-state index contributed by atoms with van der Waals surface area (Å²) in [4.78, 5) is 13.2. The molecule has 7 nitrogen and oxygen atoms in total. The normalized spacial score (nSPS) is 15.0. The number of rotatable bonds is 7. The second kappa shape index (κ2) is 9.61. The molecule has 31 heavy (non-hydrogen) atoms. The minimum atomic E-state index is -4.32. The fourth-order valence-electron chi connectivity index (χ4n) is 3.48. The zero-order valence-corrected chi connectivity index (χ0v) is 18.1. The maximum Gasteiger partial charge on any atom is 0.249 e. The maximum atomic E-state index is 13.9. The van der Waals surface area contributed by atoms with Crippen molar-refractivity contribution in [1.29, 1.82) is 0 Å². The van der Waals surface area contributed by atoms with Gasteiger partial charge >= 0.3 is 0 Å². The van der Waals surface area contributed by atoms with Crippen LogP contribution in [0.1, 0.15) is 12.0 Å². The van der Waals surface area contributed by atoms with Crippen LogP contribution in [-0.4, -0.2) is 63.9 Å². The fourth-order valence-corrected chi connectivity index (χ4v) is 5.01. The van der Waals surface area contributed by atoms with E-state index >= 15 is 0 Å². The molecule has 0 bridgehead atoms. The zero-order chi connectivity index (χ0) is 22.6. The van der Waals surface area contributed by atoms with Crippen molar-refractivity contribution in [3.63, 3.8) is 0 Å². The van der Waals surface area contributed by atoms with Crippen LogP contribution in [0.3, 0.4) is 0 Å². The molecule has 0 spiro atoms. The van der Waals surface area contributed by atoms with E-state index in [1.165, 1.54) is 7.11 Å². The van der Waals surface area contributed by atoms with Gasteiger partial charge in [-0.3, -0.25) is 4.79 Å². The summed E-state index contributed by atoms with van der Waals surface area (Å²) in [5.74, 6) is -1.21. The number of nitrogens with zero attached hydrogens (tertiary/aromatic N) is 2. The van der Waals surface area contributed by atoms with E-state index in [9.17, 15) is 22.0 Å². The molecule has 1 fully saturated rings. The monoisotopic (exact) mass is 454 g/mol. The quantitative estimate of drug-likeness (QED) is 0.643. The van der Waals surface area contributed by atoms with Crippen molar-refractivity contribution in [1.82, 2.24) is 9.21 Å². The summed E-state index contributed by atoms with van der Waals surface area (Å²) in [7, 11) is -1.24. The molecule has 3 rings (SSSR count). The SMILES string of the molecule is COc1ccc(CCC(=O)N2CCN(S(=O)(=O)c3c(F)cccc3F)CC2)cc1OC. The third-order valence-corrected chi connectivity index (χ3v) is 7.13. The average Bonchev–Trinajstić information content (AvgIpc) is 2.77. The molecule has 0 N–H and O–H groups in total. The molecule has 2 aromatic carbocycles. The molecule has 1 aliphatic rings. The standard InChI is InChI=1S/C21H24F2N2O5S/c1-29-18-8-6-15(14-19(18)30-2)7-9-20(26)24-10-12-25(13-11-24)31(27,28)21-16(22)4-3-5-17(21)23/h3-6,8,14H,7,9-13H2,1-2H3. The summed E-state index contributed by atoms with van der Waals surface area (Å²) in [6, 6.07) is 8.35. The van der Waals surface area contributed by atoms with Gasteiger partial charge in [-0.15, -0.1) is 0 Å². The number of halogens is 2. The molecule has 0 aliphatic carbocycles.